The predicted octanol–water partition coefficient (Wildman–Crippen LogP) is 5.01. The van der Waals surface area contributed by atoms with E-state index >= 15 is 0 Å². The Balaban J connectivity index is 1.19. The molecule has 2 aromatic carbocycles. The summed E-state index contributed by atoms with van der Waals surface area (Å²) in [4.78, 5) is 29.2. The summed E-state index contributed by atoms with van der Waals surface area (Å²) in [7, 11) is 0. The summed E-state index contributed by atoms with van der Waals surface area (Å²) in [6.07, 6.45) is -1.41. The number of piperazine rings is 1. The zero-order valence-corrected chi connectivity index (χ0v) is 23.1. The highest BCUT2D eigenvalue weighted by Gasteiger charge is 2.54. The van der Waals surface area contributed by atoms with Crippen LogP contribution in [0.1, 0.15) is 59.7 Å². The number of carbonyl (C=O) groups excluding carboxylic acids is 1. The Bertz CT molecular complexity index is 1310. The van der Waals surface area contributed by atoms with Crippen molar-refractivity contribution in [3.05, 3.63) is 64.5 Å². The first-order valence-electron chi connectivity index (χ1n) is 14.0. The lowest BCUT2D eigenvalue weighted by molar-refractivity contribution is -0.165. The lowest BCUT2D eigenvalue weighted by atomic mass is 9.85. The first-order valence-corrected chi connectivity index (χ1v) is 14.0. The summed E-state index contributed by atoms with van der Waals surface area (Å²) < 4.78 is 60.0. The van der Waals surface area contributed by atoms with Crippen LogP contribution in [0.15, 0.2) is 36.4 Å². The van der Waals surface area contributed by atoms with Gasteiger partial charge in [0.1, 0.15) is 11.4 Å². The molecule has 5 rings (SSSR count). The number of amides is 1. The van der Waals surface area contributed by atoms with Crippen molar-refractivity contribution in [3.63, 3.8) is 0 Å². The van der Waals surface area contributed by atoms with Crippen molar-refractivity contribution in [2.24, 2.45) is 5.92 Å². The number of carboxylic acids is 1. The van der Waals surface area contributed by atoms with Crippen molar-refractivity contribution in [2.75, 3.05) is 31.1 Å². The van der Waals surface area contributed by atoms with Gasteiger partial charge in [-0.05, 0) is 81.3 Å². The van der Waals surface area contributed by atoms with E-state index in [1.807, 2.05) is 6.92 Å². The molecule has 1 amide bonds. The normalized spacial score (nSPS) is 25.7. The molecule has 41 heavy (non-hydrogen) atoms. The monoisotopic (exact) mass is 577 g/mol. The molecular formula is C30H35F4N3O4. The average Bonchev–Trinajstić information content (AvgIpc) is 3.77. The Morgan fingerprint density at radius 3 is 2.49 bits per heavy atom. The minimum atomic E-state index is -4.45. The summed E-state index contributed by atoms with van der Waals surface area (Å²) in [5, 5.41) is 12.1. The number of alkyl halides is 3. The van der Waals surface area contributed by atoms with E-state index in [2.05, 4.69) is 15.1 Å². The van der Waals surface area contributed by atoms with Gasteiger partial charge in [0, 0.05) is 44.0 Å². The van der Waals surface area contributed by atoms with Crippen LogP contribution in [0.5, 0.6) is 0 Å². The first kappa shape index (κ1) is 29.3. The lowest BCUT2D eigenvalue weighted by Gasteiger charge is -2.48. The number of ether oxygens (including phenoxy) is 1. The summed E-state index contributed by atoms with van der Waals surface area (Å²) in [5.41, 5.74) is -0.511. The molecule has 11 heteroatoms. The molecule has 2 saturated heterocycles. The number of nitrogens with zero attached hydrogens (tertiary/aromatic N) is 2. The quantitative estimate of drug-likeness (QED) is 0.451. The molecule has 3 atom stereocenters. The van der Waals surface area contributed by atoms with Crippen LogP contribution in [-0.4, -0.2) is 65.8 Å². The zero-order chi connectivity index (χ0) is 29.5. The molecule has 0 aromatic heterocycles. The highest BCUT2D eigenvalue weighted by atomic mass is 19.4. The fourth-order valence-electron chi connectivity index (χ4n) is 6.32. The number of benzene rings is 2. The van der Waals surface area contributed by atoms with Gasteiger partial charge in [-0.2, -0.15) is 13.2 Å². The van der Waals surface area contributed by atoms with Crippen molar-refractivity contribution in [2.45, 2.75) is 69.9 Å². The van der Waals surface area contributed by atoms with Gasteiger partial charge in [0.2, 0.25) is 0 Å². The van der Waals surface area contributed by atoms with Crippen LogP contribution < -0.4 is 10.2 Å². The number of hydrogen-bond acceptors (Lipinski definition) is 5. The lowest BCUT2D eigenvalue weighted by Crippen LogP contribution is -2.60. The maximum absolute atomic E-state index is 13.9. The number of aryl methyl sites for hydroxylation is 1. The highest BCUT2D eigenvalue weighted by Crippen LogP contribution is 2.47. The summed E-state index contributed by atoms with van der Waals surface area (Å²) in [5.74, 6) is -2.23. The standard InChI is InChI=1S/C30H35F4N3O4/c1-18-11-20(13-22(12-18)30(32,33)34)15-35-28(40)29(21-3-4-21)8-7-24(17-41-29)36-9-10-37(19(2)16-36)23-5-6-26(31)25(14-23)27(38)39/h5-6,11-14,19,21,24H,3-4,7-10,15-17H2,1-2H3,(H,35,40)(H,38,39)/t19-,24+,29-/m0/s1. The Hall–Kier alpha value is -3.18. The molecule has 0 unspecified atom stereocenters. The Labute approximate surface area is 236 Å². The zero-order valence-electron chi connectivity index (χ0n) is 23.1. The SMILES string of the molecule is Cc1cc(CNC(=O)[C@@]2(C3CC3)CC[C@@H](N3CCN(c4ccc(F)c(C(=O)O)c4)[C@@H](C)C3)CO2)cc(C(F)(F)F)c1. The molecule has 7 nitrogen and oxygen atoms in total. The molecule has 0 radical (unpaired) electrons. The summed E-state index contributed by atoms with van der Waals surface area (Å²) >= 11 is 0. The van der Waals surface area contributed by atoms with Gasteiger partial charge in [-0.1, -0.05) is 11.6 Å². The fraction of sp³-hybridized carbons (Fsp3) is 0.533. The summed E-state index contributed by atoms with van der Waals surface area (Å²) in [6, 6.07) is 8.12. The Morgan fingerprint density at radius 2 is 1.88 bits per heavy atom. The van der Waals surface area contributed by atoms with E-state index in [1.165, 1.54) is 12.1 Å². The van der Waals surface area contributed by atoms with E-state index < -0.39 is 29.1 Å². The Kier molecular flexibility index (Phi) is 8.04. The number of carbonyl (C=O) groups is 2. The maximum atomic E-state index is 13.9. The fourth-order valence-corrected chi connectivity index (χ4v) is 6.32. The van der Waals surface area contributed by atoms with E-state index in [0.29, 0.717) is 49.5 Å². The molecule has 1 aliphatic carbocycles. The van der Waals surface area contributed by atoms with Crippen molar-refractivity contribution in [3.8, 4) is 0 Å². The molecule has 2 N–H and O–H groups in total. The van der Waals surface area contributed by atoms with E-state index in [1.54, 1.807) is 19.1 Å². The average molecular weight is 578 g/mol. The van der Waals surface area contributed by atoms with Crippen molar-refractivity contribution in [1.82, 2.24) is 10.2 Å². The third kappa shape index (κ3) is 6.21. The van der Waals surface area contributed by atoms with Crippen LogP contribution in [0.25, 0.3) is 0 Å². The molecule has 2 aliphatic heterocycles. The van der Waals surface area contributed by atoms with Gasteiger partial charge in [0.25, 0.3) is 5.91 Å². The molecule has 2 aromatic rings. The van der Waals surface area contributed by atoms with Gasteiger partial charge in [-0.15, -0.1) is 0 Å². The van der Waals surface area contributed by atoms with Crippen LogP contribution in [0.3, 0.4) is 0 Å². The van der Waals surface area contributed by atoms with Crippen molar-refractivity contribution < 1.29 is 37.0 Å². The van der Waals surface area contributed by atoms with E-state index in [9.17, 15) is 32.3 Å². The number of halogens is 4. The topological polar surface area (TPSA) is 82.1 Å². The van der Waals surface area contributed by atoms with Gasteiger partial charge >= 0.3 is 12.1 Å². The third-order valence-electron chi connectivity index (χ3n) is 8.61. The molecule has 3 aliphatic rings. The van der Waals surface area contributed by atoms with Crippen LogP contribution >= 0.6 is 0 Å². The van der Waals surface area contributed by atoms with Gasteiger partial charge in [-0.3, -0.25) is 9.69 Å². The molecule has 222 valence electrons. The number of aromatic carboxylic acids is 1. The predicted molar refractivity (Wildman–Crippen MR) is 144 cm³/mol. The van der Waals surface area contributed by atoms with Crippen LogP contribution in [0.2, 0.25) is 0 Å². The van der Waals surface area contributed by atoms with Gasteiger partial charge in [0.05, 0.1) is 17.7 Å². The molecule has 0 spiro atoms. The van der Waals surface area contributed by atoms with Crippen LogP contribution in [-0.2, 0) is 22.3 Å². The van der Waals surface area contributed by atoms with Crippen molar-refractivity contribution in [1.29, 1.82) is 0 Å². The highest BCUT2D eigenvalue weighted by molar-refractivity contribution is 5.89. The summed E-state index contributed by atoms with van der Waals surface area (Å²) in [6.45, 7) is 6.05. The second-order valence-corrected chi connectivity index (χ2v) is 11.6. The second kappa shape index (κ2) is 11.2. The second-order valence-electron chi connectivity index (χ2n) is 11.6. The van der Waals surface area contributed by atoms with E-state index in [0.717, 1.165) is 31.4 Å². The van der Waals surface area contributed by atoms with Gasteiger partial charge in [0.15, 0.2) is 0 Å². The minimum absolute atomic E-state index is 0.00267. The first-order chi connectivity index (χ1) is 19.4. The largest absolute Gasteiger partial charge is 0.478 e. The van der Waals surface area contributed by atoms with E-state index in [4.69, 9.17) is 4.74 Å². The number of rotatable bonds is 7. The molecule has 2 heterocycles. The smallest absolute Gasteiger partial charge is 0.416 e. The maximum Gasteiger partial charge on any atom is 0.416 e. The van der Waals surface area contributed by atoms with E-state index in [-0.39, 0.29) is 36.0 Å². The van der Waals surface area contributed by atoms with Gasteiger partial charge in [-0.25, -0.2) is 9.18 Å². The molecular weight excluding hydrogens is 542 g/mol. The number of nitrogens with one attached hydrogen (secondary N) is 1. The van der Waals surface area contributed by atoms with Crippen molar-refractivity contribution >= 4 is 17.6 Å². The molecule has 0 bridgehead atoms. The van der Waals surface area contributed by atoms with Crippen LogP contribution in [0, 0.1) is 18.7 Å². The minimum Gasteiger partial charge on any atom is -0.478 e. The Morgan fingerprint density at radius 1 is 1.12 bits per heavy atom. The van der Waals surface area contributed by atoms with Crippen LogP contribution in [0.4, 0.5) is 23.2 Å². The number of carboxylic acid groups (broad SMARTS) is 1. The molecule has 1 saturated carbocycles. The molecule has 3 fully saturated rings. The number of hydrogen-bond donors (Lipinski definition) is 2. The number of anilines is 1. The third-order valence-corrected chi connectivity index (χ3v) is 8.61. The van der Waals surface area contributed by atoms with Gasteiger partial charge < -0.3 is 20.1 Å².